The molecular formula is C19H25N3O. The minimum Gasteiger partial charge on any atom is -0.338 e. The van der Waals surface area contributed by atoms with Crippen molar-refractivity contribution in [1.82, 2.24) is 14.8 Å². The van der Waals surface area contributed by atoms with Crippen LogP contribution in [0, 0.1) is 0 Å². The van der Waals surface area contributed by atoms with Crippen LogP contribution in [-0.2, 0) is 17.8 Å². The summed E-state index contributed by atoms with van der Waals surface area (Å²) >= 11 is 0. The van der Waals surface area contributed by atoms with E-state index in [9.17, 15) is 4.79 Å². The molecule has 0 aliphatic rings. The van der Waals surface area contributed by atoms with Gasteiger partial charge in [0.15, 0.2) is 0 Å². The highest BCUT2D eigenvalue weighted by Gasteiger charge is 2.14. The zero-order valence-electron chi connectivity index (χ0n) is 14.0. The molecule has 0 N–H and O–H groups in total. The molecular weight excluding hydrogens is 286 g/mol. The summed E-state index contributed by atoms with van der Waals surface area (Å²) in [6.07, 6.45) is 4.54. The average molecular weight is 311 g/mol. The number of pyridine rings is 1. The topological polar surface area (TPSA) is 36.4 Å². The molecule has 122 valence electrons. The van der Waals surface area contributed by atoms with Crippen molar-refractivity contribution in [2.24, 2.45) is 0 Å². The molecule has 0 aliphatic carbocycles. The van der Waals surface area contributed by atoms with E-state index in [-0.39, 0.29) is 5.91 Å². The van der Waals surface area contributed by atoms with E-state index in [1.165, 1.54) is 11.1 Å². The Morgan fingerprint density at radius 1 is 1.04 bits per heavy atom. The molecule has 0 aliphatic heterocycles. The highest BCUT2D eigenvalue weighted by atomic mass is 16.2. The maximum absolute atomic E-state index is 12.5. The molecule has 1 amide bonds. The largest absolute Gasteiger partial charge is 0.338 e. The van der Waals surface area contributed by atoms with Crippen LogP contribution in [0.5, 0.6) is 0 Å². The Bertz CT molecular complexity index is 586. The summed E-state index contributed by atoms with van der Waals surface area (Å²) in [6.45, 7) is 4.74. The third kappa shape index (κ3) is 5.83. The van der Waals surface area contributed by atoms with Crippen LogP contribution >= 0.6 is 0 Å². The fraction of sp³-hybridized carbons (Fsp3) is 0.368. The number of carbonyl (C=O) groups is 1. The summed E-state index contributed by atoms with van der Waals surface area (Å²) in [6, 6.07) is 14.2. The quantitative estimate of drug-likeness (QED) is 0.752. The maximum atomic E-state index is 12.5. The van der Waals surface area contributed by atoms with Gasteiger partial charge in [-0.1, -0.05) is 30.3 Å². The lowest BCUT2D eigenvalue weighted by molar-refractivity contribution is -0.132. The van der Waals surface area contributed by atoms with Gasteiger partial charge < -0.3 is 4.90 Å². The first-order chi connectivity index (χ1) is 11.2. The molecule has 1 heterocycles. The van der Waals surface area contributed by atoms with Gasteiger partial charge in [0.05, 0.1) is 6.54 Å². The van der Waals surface area contributed by atoms with E-state index in [0.29, 0.717) is 13.1 Å². The monoisotopic (exact) mass is 311 g/mol. The summed E-state index contributed by atoms with van der Waals surface area (Å²) < 4.78 is 0. The van der Waals surface area contributed by atoms with Crippen LogP contribution in [0.3, 0.4) is 0 Å². The molecule has 0 atom stereocenters. The third-order valence-corrected chi connectivity index (χ3v) is 3.89. The number of amides is 1. The molecule has 23 heavy (non-hydrogen) atoms. The number of hydrogen-bond donors (Lipinski definition) is 0. The van der Waals surface area contributed by atoms with Gasteiger partial charge in [0.25, 0.3) is 0 Å². The van der Waals surface area contributed by atoms with E-state index in [0.717, 1.165) is 19.5 Å². The highest BCUT2D eigenvalue weighted by molar-refractivity contribution is 5.78. The fourth-order valence-corrected chi connectivity index (χ4v) is 2.46. The Hall–Kier alpha value is -2.20. The van der Waals surface area contributed by atoms with Gasteiger partial charge in [-0.25, -0.2) is 0 Å². The summed E-state index contributed by atoms with van der Waals surface area (Å²) in [5, 5.41) is 0. The zero-order chi connectivity index (χ0) is 16.5. The first-order valence-corrected chi connectivity index (χ1v) is 8.08. The average Bonchev–Trinajstić information content (AvgIpc) is 2.59. The van der Waals surface area contributed by atoms with Crippen molar-refractivity contribution in [3.63, 3.8) is 0 Å². The van der Waals surface area contributed by atoms with Crippen LogP contribution in [0.2, 0.25) is 0 Å². The smallest absolute Gasteiger partial charge is 0.237 e. The molecule has 0 bridgehead atoms. The van der Waals surface area contributed by atoms with Crippen LogP contribution in [0.25, 0.3) is 0 Å². The minimum absolute atomic E-state index is 0.175. The van der Waals surface area contributed by atoms with Gasteiger partial charge in [-0.3, -0.25) is 14.7 Å². The molecule has 4 nitrogen and oxygen atoms in total. The predicted molar refractivity (Wildman–Crippen MR) is 93.0 cm³/mol. The van der Waals surface area contributed by atoms with Crippen molar-refractivity contribution >= 4 is 5.91 Å². The molecule has 1 aromatic carbocycles. The SMILES string of the molecule is CCN(Cc1ccccc1)C(=O)CN(C)CCc1ccncc1. The second-order valence-electron chi connectivity index (χ2n) is 5.74. The lowest BCUT2D eigenvalue weighted by Gasteiger charge is -2.24. The number of hydrogen-bond acceptors (Lipinski definition) is 3. The third-order valence-electron chi connectivity index (χ3n) is 3.89. The Labute approximate surface area is 138 Å². The lowest BCUT2D eigenvalue weighted by Crippen LogP contribution is -2.39. The van der Waals surface area contributed by atoms with Crippen molar-refractivity contribution in [2.75, 3.05) is 26.7 Å². The van der Waals surface area contributed by atoms with Gasteiger partial charge in [0.2, 0.25) is 5.91 Å². The molecule has 2 aromatic rings. The Balaban J connectivity index is 1.81. The summed E-state index contributed by atoms with van der Waals surface area (Å²) in [7, 11) is 2.00. The normalized spacial score (nSPS) is 10.7. The molecule has 4 heteroatoms. The first kappa shape index (κ1) is 17.2. The van der Waals surface area contributed by atoms with Gasteiger partial charge in [-0.05, 0) is 43.7 Å². The molecule has 0 unspecified atom stereocenters. The molecule has 0 fully saturated rings. The molecule has 2 rings (SSSR count). The standard InChI is InChI=1S/C19H25N3O/c1-3-22(15-18-7-5-4-6-8-18)19(23)16-21(2)14-11-17-9-12-20-13-10-17/h4-10,12-13H,3,11,14-16H2,1-2H3. The Morgan fingerprint density at radius 3 is 2.39 bits per heavy atom. The molecule has 0 saturated carbocycles. The number of rotatable bonds is 8. The number of likely N-dealkylation sites (N-methyl/N-ethyl adjacent to an activating group) is 2. The van der Waals surface area contributed by atoms with E-state index in [1.807, 2.05) is 49.2 Å². The van der Waals surface area contributed by atoms with Gasteiger partial charge in [-0.15, -0.1) is 0 Å². The highest BCUT2D eigenvalue weighted by Crippen LogP contribution is 2.05. The van der Waals surface area contributed by atoms with E-state index in [2.05, 4.69) is 22.0 Å². The number of nitrogens with zero attached hydrogens (tertiary/aromatic N) is 3. The van der Waals surface area contributed by atoms with Crippen LogP contribution in [-0.4, -0.2) is 47.4 Å². The second-order valence-corrected chi connectivity index (χ2v) is 5.74. The van der Waals surface area contributed by atoms with Crippen molar-refractivity contribution in [3.8, 4) is 0 Å². The van der Waals surface area contributed by atoms with E-state index in [1.54, 1.807) is 12.4 Å². The Morgan fingerprint density at radius 2 is 1.74 bits per heavy atom. The van der Waals surface area contributed by atoms with Crippen LogP contribution < -0.4 is 0 Å². The van der Waals surface area contributed by atoms with E-state index >= 15 is 0 Å². The Kier molecular flexibility index (Phi) is 6.76. The summed E-state index contributed by atoms with van der Waals surface area (Å²) in [4.78, 5) is 20.5. The van der Waals surface area contributed by atoms with Crippen LogP contribution in [0.15, 0.2) is 54.9 Å². The van der Waals surface area contributed by atoms with Crippen LogP contribution in [0.1, 0.15) is 18.1 Å². The van der Waals surface area contributed by atoms with E-state index in [4.69, 9.17) is 0 Å². The zero-order valence-corrected chi connectivity index (χ0v) is 14.0. The molecule has 0 radical (unpaired) electrons. The number of benzene rings is 1. The fourth-order valence-electron chi connectivity index (χ4n) is 2.46. The van der Waals surface area contributed by atoms with E-state index < -0.39 is 0 Å². The van der Waals surface area contributed by atoms with Crippen LogP contribution in [0.4, 0.5) is 0 Å². The van der Waals surface area contributed by atoms with Gasteiger partial charge in [0, 0.05) is 32.0 Å². The molecule has 1 aromatic heterocycles. The van der Waals surface area contributed by atoms with Crippen molar-refractivity contribution in [2.45, 2.75) is 19.9 Å². The lowest BCUT2D eigenvalue weighted by atomic mass is 10.2. The summed E-state index contributed by atoms with van der Waals surface area (Å²) in [5.74, 6) is 0.175. The van der Waals surface area contributed by atoms with Gasteiger partial charge in [-0.2, -0.15) is 0 Å². The van der Waals surface area contributed by atoms with Crippen molar-refractivity contribution in [1.29, 1.82) is 0 Å². The molecule has 0 saturated heterocycles. The van der Waals surface area contributed by atoms with Crippen molar-refractivity contribution < 1.29 is 4.79 Å². The predicted octanol–water partition coefficient (Wildman–Crippen LogP) is 2.60. The van der Waals surface area contributed by atoms with Gasteiger partial charge >= 0.3 is 0 Å². The minimum atomic E-state index is 0.175. The van der Waals surface area contributed by atoms with Crippen molar-refractivity contribution in [3.05, 3.63) is 66.0 Å². The molecule has 0 spiro atoms. The maximum Gasteiger partial charge on any atom is 0.237 e. The first-order valence-electron chi connectivity index (χ1n) is 8.08. The number of carbonyl (C=O) groups excluding carboxylic acids is 1. The second kappa shape index (κ2) is 9.06. The summed E-state index contributed by atoms with van der Waals surface area (Å²) in [5.41, 5.74) is 2.41. The number of aromatic nitrogens is 1. The van der Waals surface area contributed by atoms with Gasteiger partial charge in [0.1, 0.15) is 0 Å².